The fraction of sp³-hybridized carbons (Fsp3) is 0.381. The van der Waals surface area contributed by atoms with Gasteiger partial charge in [-0.25, -0.2) is 8.42 Å². The first kappa shape index (κ1) is 20.4. The lowest BCUT2D eigenvalue weighted by Gasteiger charge is -2.31. The SMILES string of the molecule is COc1ccc([C@@H](C)NC(=O)C2CCN(S(=O)(=O)c3ccccc3)CC2)cc1. The van der Waals surface area contributed by atoms with E-state index < -0.39 is 10.0 Å². The molecule has 0 unspecified atom stereocenters. The molecule has 1 N–H and O–H groups in total. The maximum atomic E-state index is 12.7. The van der Waals surface area contributed by atoms with Crippen LogP contribution in [0.15, 0.2) is 59.5 Å². The molecule has 3 rings (SSSR count). The Morgan fingerprint density at radius 1 is 1.07 bits per heavy atom. The number of amides is 1. The Balaban J connectivity index is 1.56. The van der Waals surface area contributed by atoms with Gasteiger partial charge in [0.2, 0.25) is 15.9 Å². The van der Waals surface area contributed by atoms with Gasteiger partial charge in [-0.05, 0) is 49.6 Å². The van der Waals surface area contributed by atoms with Gasteiger partial charge in [0.05, 0.1) is 18.0 Å². The largest absolute Gasteiger partial charge is 0.497 e. The predicted molar refractivity (Wildman–Crippen MR) is 107 cm³/mol. The summed E-state index contributed by atoms with van der Waals surface area (Å²) in [4.78, 5) is 12.9. The number of hydrogen-bond acceptors (Lipinski definition) is 4. The van der Waals surface area contributed by atoms with Crippen molar-refractivity contribution in [3.63, 3.8) is 0 Å². The Morgan fingerprint density at radius 2 is 1.68 bits per heavy atom. The molecule has 0 saturated carbocycles. The van der Waals surface area contributed by atoms with Crippen LogP contribution >= 0.6 is 0 Å². The number of sulfonamides is 1. The van der Waals surface area contributed by atoms with Crippen molar-refractivity contribution in [2.24, 2.45) is 5.92 Å². The maximum Gasteiger partial charge on any atom is 0.243 e. The highest BCUT2D eigenvalue weighted by Gasteiger charge is 2.32. The van der Waals surface area contributed by atoms with Crippen molar-refractivity contribution >= 4 is 15.9 Å². The fourth-order valence-electron chi connectivity index (χ4n) is 3.41. The molecule has 150 valence electrons. The van der Waals surface area contributed by atoms with Crippen molar-refractivity contribution in [2.45, 2.75) is 30.7 Å². The van der Waals surface area contributed by atoms with E-state index in [0.717, 1.165) is 11.3 Å². The van der Waals surface area contributed by atoms with E-state index in [1.54, 1.807) is 37.4 Å². The molecule has 1 aliphatic heterocycles. The molecule has 0 spiro atoms. The number of ether oxygens (including phenoxy) is 1. The van der Waals surface area contributed by atoms with Crippen LogP contribution in [0.25, 0.3) is 0 Å². The minimum atomic E-state index is -3.49. The van der Waals surface area contributed by atoms with Crippen LogP contribution in [0.5, 0.6) is 5.75 Å². The van der Waals surface area contributed by atoms with Crippen molar-refractivity contribution in [1.82, 2.24) is 9.62 Å². The van der Waals surface area contributed by atoms with Gasteiger partial charge in [-0.15, -0.1) is 0 Å². The minimum absolute atomic E-state index is 0.0277. The van der Waals surface area contributed by atoms with Crippen molar-refractivity contribution < 1.29 is 17.9 Å². The molecule has 1 amide bonds. The van der Waals surface area contributed by atoms with Gasteiger partial charge in [0, 0.05) is 19.0 Å². The summed E-state index contributed by atoms with van der Waals surface area (Å²) in [5.41, 5.74) is 0.998. The quantitative estimate of drug-likeness (QED) is 0.806. The molecule has 1 atom stereocenters. The van der Waals surface area contributed by atoms with Gasteiger partial charge in [-0.1, -0.05) is 30.3 Å². The van der Waals surface area contributed by atoms with Gasteiger partial charge >= 0.3 is 0 Å². The van der Waals surface area contributed by atoms with Crippen LogP contribution in [0.4, 0.5) is 0 Å². The number of nitrogens with one attached hydrogen (secondary N) is 1. The first-order chi connectivity index (χ1) is 13.4. The summed E-state index contributed by atoms with van der Waals surface area (Å²) in [5, 5.41) is 3.04. The van der Waals surface area contributed by atoms with Crippen LogP contribution in [0.1, 0.15) is 31.4 Å². The Labute approximate surface area is 166 Å². The average molecular weight is 403 g/mol. The smallest absolute Gasteiger partial charge is 0.243 e. The summed E-state index contributed by atoms with van der Waals surface area (Å²) >= 11 is 0. The number of carbonyl (C=O) groups excluding carboxylic acids is 1. The minimum Gasteiger partial charge on any atom is -0.497 e. The highest BCUT2D eigenvalue weighted by atomic mass is 32.2. The molecule has 1 aliphatic rings. The number of piperidine rings is 1. The van der Waals surface area contributed by atoms with Gasteiger partial charge in [0.15, 0.2) is 0 Å². The van der Waals surface area contributed by atoms with Crippen LogP contribution in [0, 0.1) is 5.92 Å². The van der Waals surface area contributed by atoms with Gasteiger partial charge in [0.1, 0.15) is 5.75 Å². The molecule has 0 radical (unpaired) electrons. The van der Waals surface area contributed by atoms with E-state index in [1.165, 1.54) is 4.31 Å². The molecule has 28 heavy (non-hydrogen) atoms. The molecule has 2 aromatic rings. The molecule has 1 fully saturated rings. The van der Waals surface area contributed by atoms with Gasteiger partial charge < -0.3 is 10.1 Å². The summed E-state index contributed by atoms with van der Waals surface area (Å²) < 4.78 is 32.0. The molecule has 7 heteroatoms. The second-order valence-electron chi connectivity index (χ2n) is 6.99. The number of carbonyl (C=O) groups is 1. The Morgan fingerprint density at radius 3 is 2.25 bits per heavy atom. The molecule has 6 nitrogen and oxygen atoms in total. The molecular weight excluding hydrogens is 376 g/mol. The van der Waals surface area contributed by atoms with Gasteiger partial charge in [-0.3, -0.25) is 4.79 Å². The van der Waals surface area contributed by atoms with E-state index in [0.29, 0.717) is 30.8 Å². The second-order valence-corrected chi connectivity index (χ2v) is 8.93. The summed E-state index contributed by atoms with van der Waals surface area (Å²) in [6, 6.07) is 15.9. The lowest BCUT2D eigenvalue weighted by atomic mass is 9.96. The third-order valence-electron chi connectivity index (χ3n) is 5.18. The highest BCUT2D eigenvalue weighted by molar-refractivity contribution is 7.89. The zero-order valence-electron chi connectivity index (χ0n) is 16.2. The fourth-order valence-corrected chi connectivity index (χ4v) is 4.90. The monoisotopic (exact) mass is 402 g/mol. The van der Waals surface area contributed by atoms with E-state index in [-0.39, 0.29) is 17.9 Å². The topological polar surface area (TPSA) is 75.7 Å². The lowest BCUT2D eigenvalue weighted by Crippen LogP contribution is -2.43. The van der Waals surface area contributed by atoms with Gasteiger partial charge in [0.25, 0.3) is 0 Å². The van der Waals surface area contributed by atoms with E-state index in [1.807, 2.05) is 31.2 Å². The zero-order valence-corrected chi connectivity index (χ0v) is 17.0. The van der Waals surface area contributed by atoms with Crippen LogP contribution in [-0.2, 0) is 14.8 Å². The summed E-state index contributed by atoms with van der Waals surface area (Å²) in [5.74, 6) is 0.567. The highest BCUT2D eigenvalue weighted by Crippen LogP contribution is 2.25. The number of methoxy groups -OCH3 is 1. The number of nitrogens with zero attached hydrogens (tertiary/aromatic N) is 1. The molecule has 0 aromatic heterocycles. The normalized spacial score (nSPS) is 17.1. The van der Waals surface area contributed by atoms with Gasteiger partial charge in [-0.2, -0.15) is 4.31 Å². The Kier molecular flexibility index (Phi) is 6.36. The zero-order chi connectivity index (χ0) is 20.1. The molecule has 2 aromatic carbocycles. The third-order valence-corrected chi connectivity index (χ3v) is 7.09. The van der Waals surface area contributed by atoms with E-state index in [2.05, 4.69) is 5.32 Å². The Hall–Kier alpha value is -2.38. The van der Waals surface area contributed by atoms with Crippen molar-refractivity contribution in [2.75, 3.05) is 20.2 Å². The number of hydrogen-bond donors (Lipinski definition) is 1. The second kappa shape index (κ2) is 8.75. The lowest BCUT2D eigenvalue weighted by molar-refractivity contribution is -0.126. The molecular formula is C21H26N2O4S. The molecule has 1 heterocycles. The maximum absolute atomic E-state index is 12.7. The molecule has 0 bridgehead atoms. The van der Waals surface area contributed by atoms with Crippen LogP contribution in [0.2, 0.25) is 0 Å². The summed E-state index contributed by atoms with van der Waals surface area (Å²) in [6.07, 6.45) is 1.04. The Bertz CT molecular complexity index is 890. The third kappa shape index (κ3) is 4.54. The predicted octanol–water partition coefficient (Wildman–Crippen LogP) is 2.97. The average Bonchev–Trinajstić information content (AvgIpc) is 2.74. The van der Waals surface area contributed by atoms with Crippen molar-refractivity contribution in [1.29, 1.82) is 0 Å². The van der Waals surface area contributed by atoms with E-state index >= 15 is 0 Å². The van der Waals surface area contributed by atoms with E-state index in [4.69, 9.17) is 4.74 Å². The molecule has 1 saturated heterocycles. The number of rotatable bonds is 6. The van der Waals surface area contributed by atoms with E-state index in [9.17, 15) is 13.2 Å². The summed E-state index contributed by atoms with van der Waals surface area (Å²) in [6.45, 7) is 2.65. The molecule has 0 aliphatic carbocycles. The van der Waals surface area contributed by atoms with Crippen molar-refractivity contribution in [3.8, 4) is 5.75 Å². The van der Waals surface area contributed by atoms with Crippen LogP contribution in [0.3, 0.4) is 0 Å². The standard InChI is InChI=1S/C21H26N2O4S/c1-16(17-8-10-19(27-2)11-9-17)22-21(24)18-12-14-23(15-13-18)28(25,26)20-6-4-3-5-7-20/h3-11,16,18H,12-15H2,1-2H3,(H,22,24)/t16-/m1/s1. The van der Waals surface area contributed by atoms with Crippen molar-refractivity contribution in [3.05, 3.63) is 60.2 Å². The summed E-state index contributed by atoms with van der Waals surface area (Å²) in [7, 11) is -1.88. The first-order valence-electron chi connectivity index (χ1n) is 9.41. The first-order valence-corrected chi connectivity index (χ1v) is 10.9. The van der Waals surface area contributed by atoms with Crippen LogP contribution < -0.4 is 10.1 Å². The number of benzene rings is 2. The van der Waals surface area contributed by atoms with Crippen LogP contribution in [-0.4, -0.2) is 38.8 Å².